The Morgan fingerprint density at radius 2 is 1.83 bits per heavy atom. The fourth-order valence-corrected chi connectivity index (χ4v) is 4.31. The first-order valence-electron chi connectivity index (χ1n) is 10.8. The first-order chi connectivity index (χ1) is 17.1. The summed E-state index contributed by atoms with van der Waals surface area (Å²) in [5.41, 5.74) is 7.62. The highest BCUT2D eigenvalue weighted by Gasteiger charge is 2.36. The number of hydrogen-bond acceptors (Lipinski definition) is 5. The Morgan fingerprint density at radius 1 is 1.08 bits per heavy atom. The Hall–Kier alpha value is -3.63. The van der Waals surface area contributed by atoms with Crippen LogP contribution in [0, 0.1) is 5.82 Å². The predicted molar refractivity (Wildman–Crippen MR) is 125 cm³/mol. The Bertz CT molecular complexity index is 1360. The van der Waals surface area contributed by atoms with Crippen molar-refractivity contribution in [2.24, 2.45) is 5.90 Å². The Labute approximate surface area is 208 Å². The van der Waals surface area contributed by atoms with E-state index in [0.29, 0.717) is 36.0 Å². The summed E-state index contributed by atoms with van der Waals surface area (Å²) in [6.45, 7) is -0.245. The van der Waals surface area contributed by atoms with Crippen molar-refractivity contribution < 1.29 is 36.9 Å². The van der Waals surface area contributed by atoms with Gasteiger partial charge in [0.1, 0.15) is 18.0 Å². The number of benzene rings is 2. The number of hydrogen-bond donors (Lipinski definition) is 2. The summed E-state index contributed by atoms with van der Waals surface area (Å²) in [5.74, 6) is 3.63. The topological polar surface area (TPSA) is 102 Å². The minimum absolute atomic E-state index is 0.0391. The second kappa shape index (κ2) is 10.2. The average molecular weight is 523 g/mol. The standard InChI is InChI=1S/C25H20ClF4N3O3/c26-17-5-4-13(22(27)10-17)12-35-23-21(9-16(11-33-23)25(28,29)30)20-3-1-2-19(20)14-6-15(24(34)36-32)8-18(31)7-14/h4-11H,1-3,12,31-32H2/p+1. The lowest BCUT2D eigenvalue weighted by atomic mass is 9.95. The molecule has 1 heterocycles. The van der Waals surface area contributed by atoms with Gasteiger partial charge in [0, 0.05) is 16.3 Å². The van der Waals surface area contributed by atoms with Gasteiger partial charge in [-0.25, -0.2) is 9.18 Å². The van der Waals surface area contributed by atoms with Gasteiger partial charge < -0.3 is 15.3 Å². The van der Waals surface area contributed by atoms with Crippen LogP contribution in [0.4, 0.5) is 23.2 Å². The fraction of sp³-hybridized carbons (Fsp3) is 0.200. The molecule has 0 spiro atoms. The maximum absolute atomic E-state index is 14.2. The molecule has 0 saturated heterocycles. The normalized spacial score (nSPS) is 13.7. The Balaban J connectivity index is 1.80. The van der Waals surface area contributed by atoms with E-state index in [-0.39, 0.29) is 39.9 Å². The first kappa shape index (κ1) is 25.5. The second-order valence-corrected chi connectivity index (χ2v) is 8.65. The number of aromatic nitrogens is 1. The fourth-order valence-electron chi connectivity index (χ4n) is 4.15. The number of carbonyl (C=O) groups is 1. The number of carbonyl (C=O) groups excluding carboxylic acids is 1. The monoisotopic (exact) mass is 522 g/mol. The van der Waals surface area contributed by atoms with Crippen LogP contribution in [-0.2, 0) is 17.6 Å². The van der Waals surface area contributed by atoms with E-state index in [2.05, 4.69) is 9.82 Å². The molecule has 0 fully saturated rings. The smallest absolute Gasteiger partial charge is 0.422 e. The van der Waals surface area contributed by atoms with E-state index >= 15 is 0 Å². The van der Waals surface area contributed by atoms with Crippen LogP contribution >= 0.6 is 11.6 Å². The number of halogens is 5. The van der Waals surface area contributed by atoms with E-state index in [1.165, 1.54) is 24.3 Å². The van der Waals surface area contributed by atoms with Crippen molar-refractivity contribution in [3.05, 3.63) is 87.3 Å². The van der Waals surface area contributed by atoms with Crippen LogP contribution in [0.1, 0.15) is 51.9 Å². The lowest BCUT2D eigenvalue weighted by Gasteiger charge is -2.14. The SMILES string of the molecule is NOC(=O)c1cc(N)cc(C2=C(c3cc(C(F)(F)F)c[nH+]c3OCc3ccc(Cl)cc3F)CCC2)c1. The van der Waals surface area contributed by atoms with Gasteiger partial charge in [-0.05, 0) is 72.4 Å². The van der Waals surface area contributed by atoms with E-state index in [1.54, 1.807) is 6.07 Å². The summed E-state index contributed by atoms with van der Waals surface area (Å²) >= 11 is 5.79. The number of rotatable bonds is 6. The zero-order valence-corrected chi connectivity index (χ0v) is 19.5. The van der Waals surface area contributed by atoms with E-state index in [4.69, 9.17) is 28.0 Å². The summed E-state index contributed by atoms with van der Waals surface area (Å²) < 4.78 is 60.7. The van der Waals surface area contributed by atoms with Crippen LogP contribution in [0.25, 0.3) is 11.1 Å². The van der Waals surface area contributed by atoms with E-state index < -0.39 is 23.5 Å². The third-order valence-electron chi connectivity index (χ3n) is 5.81. The predicted octanol–water partition coefficient (Wildman–Crippen LogP) is 5.60. The molecule has 3 aromatic rings. The number of nitrogens with two attached hydrogens (primary N) is 2. The molecule has 6 nitrogen and oxygen atoms in total. The van der Waals surface area contributed by atoms with Crippen LogP contribution in [0.2, 0.25) is 5.02 Å². The number of allylic oxidation sites excluding steroid dienone is 2. The molecule has 36 heavy (non-hydrogen) atoms. The first-order valence-corrected chi connectivity index (χ1v) is 11.2. The van der Waals surface area contributed by atoms with Crippen molar-refractivity contribution in [3.8, 4) is 5.88 Å². The number of nitrogens with one attached hydrogen (secondary N) is 1. The van der Waals surface area contributed by atoms with Crippen LogP contribution in [-0.4, -0.2) is 5.97 Å². The number of H-pyrrole nitrogens is 1. The van der Waals surface area contributed by atoms with Crippen LogP contribution in [0.5, 0.6) is 5.88 Å². The molecule has 11 heteroatoms. The quantitative estimate of drug-likeness (QED) is 0.249. The molecule has 0 atom stereocenters. The molecule has 0 bridgehead atoms. The molecular formula is C25H21ClF4N3O3+. The zero-order chi connectivity index (χ0) is 26.0. The average Bonchev–Trinajstić information content (AvgIpc) is 3.32. The molecule has 0 amide bonds. The van der Waals surface area contributed by atoms with Gasteiger partial charge in [-0.15, -0.1) is 0 Å². The van der Waals surface area contributed by atoms with Gasteiger partial charge >= 0.3 is 18.0 Å². The third kappa shape index (κ3) is 5.44. The zero-order valence-electron chi connectivity index (χ0n) is 18.7. The van der Waals surface area contributed by atoms with Gasteiger partial charge in [-0.2, -0.15) is 24.1 Å². The van der Waals surface area contributed by atoms with E-state index in [9.17, 15) is 22.4 Å². The number of alkyl halides is 3. The molecule has 188 valence electrons. The van der Waals surface area contributed by atoms with Gasteiger partial charge in [-0.1, -0.05) is 17.7 Å². The summed E-state index contributed by atoms with van der Waals surface area (Å²) in [6.07, 6.45) is -2.20. The molecule has 5 N–H and O–H groups in total. The van der Waals surface area contributed by atoms with Crippen molar-refractivity contribution in [3.63, 3.8) is 0 Å². The molecule has 1 aliphatic rings. The molecule has 1 aliphatic carbocycles. The molecule has 0 saturated carbocycles. The van der Waals surface area contributed by atoms with Gasteiger partial charge in [0.25, 0.3) is 0 Å². The van der Waals surface area contributed by atoms with Gasteiger partial charge in [-0.3, -0.25) is 0 Å². The van der Waals surface area contributed by atoms with Crippen LogP contribution in [0.15, 0.2) is 48.7 Å². The summed E-state index contributed by atoms with van der Waals surface area (Å²) in [5, 5.41) is 0.207. The molecule has 0 aliphatic heterocycles. The van der Waals surface area contributed by atoms with Crippen molar-refractivity contribution in [2.45, 2.75) is 32.0 Å². The molecule has 2 aromatic carbocycles. The Kier molecular flexibility index (Phi) is 7.18. The molecular weight excluding hydrogens is 502 g/mol. The summed E-state index contributed by atoms with van der Waals surface area (Å²) in [4.78, 5) is 18.8. The molecule has 0 unspecified atom stereocenters. The number of nitrogen functional groups attached to an aromatic ring is 1. The Morgan fingerprint density at radius 3 is 2.53 bits per heavy atom. The minimum Gasteiger partial charge on any atom is -0.439 e. The highest BCUT2D eigenvalue weighted by atomic mass is 35.5. The van der Waals surface area contributed by atoms with Gasteiger partial charge in [0.05, 0.1) is 11.1 Å². The molecule has 1 aromatic heterocycles. The number of pyridine rings is 1. The van der Waals surface area contributed by atoms with Crippen molar-refractivity contribution in [1.82, 2.24) is 0 Å². The highest BCUT2D eigenvalue weighted by Crippen LogP contribution is 2.44. The molecule has 4 rings (SSSR count). The van der Waals surface area contributed by atoms with Gasteiger partial charge in [0.2, 0.25) is 0 Å². The van der Waals surface area contributed by atoms with Crippen molar-refractivity contribution >= 4 is 34.4 Å². The lowest BCUT2D eigenvalue weighted by molar-refractivity contribution is -0.398. The van der Waals surface area contributed by atoms with E-state index in [1.807, 2.05) is 0 Å². The summed E-state index contributed by atoms with van der Waals surface area (Å²) in [7, 11) is 0. The largest absolute Gasteiger partial charge is 0.439 e. The number of aromatic amines is 1. The van der Waals surface area contributed by atoms with Crippen LogP contribution < -0.4 is 21.4 Å². The van der Waals surface area contributed by atoms with Crippen molar-refractivity contribution in [2.75, 3.05) is 5.73 Å². The van der Waals surface area contributed by atoms with E-state index in [0.717, 1.165) is 18.3 Å². The summed E-state index contributed by atoms with van der Waals surface area (Å²) in [6, 6.07) is 9.57. The lowest BCUT2D eigenvalue weighted by Crippen LogP contribution is -2.17. The maximum Gasteiger partial charge on any atom is 0.422 e. The third-order valence-corrected chi connectivity index (χ3v) is 6.04. The van der Waals surface area contributed by atoms with Crippen LogP contribution in [0.3, 0.4) is 0 Å². The van der Waals surface area contributed by atoms with Gasteiger partial charge in [0.15, 0.2) is 6.20 Å². The highest BCUT2D eigenvalue weighted by molar-refractivity contribution is 6.30. The number of ether oxygens (including phenoxy) is 1. The minimum atomic E-state index is -4.61. The number of anilines is 1. The second-order valence-electron chi connectivity index (χ2n) is 8.21. The molecule has 0 radical (unpaired) electrons. The van der Waals surface area contributed by atoms with Crippen molar-refractivity contribution in [1.29, 1.82) is 0 Å². The maximum atomic E-state index is 14.2.